The summed E-state index contributed by atoms with van der Waals surface area (Å²) in [6.45, 7) is 5.19. The van der Waals surface area contributed by atoms with Crippen LogP contribution in [0.15, 0.2) is 60.9 Å². The summed E-state index contributed by atoms with van der Waals surface area (Å²) >= 11 is 0. The van der Waals surface area contributed by atoms with Gasteiger partial charge in [-0.2, -0.15) is 0 Å². The number of aromatic nitrogens is 2. The number of anilines is 1. The van der Waals surface area contributed by atoms with Crippen molar-refractivity contribution in [1.29, 1.82) is 0 Å². The molecule has 1 heterocycles. The van der Waals surface area contributed by atoms with E-state index in [0.29, 0.717) is 30.4 Å². The normalized spacial score (nSPS) is 10.8. The number of carbonyl (C=O) groups is 1. The van der Waals surface area contributed by atoms with Gasteiger partial charge in [-0.1, -0.05) is 24.3 Å². The van der Waals surface area contributed by atoms with Gasteiger partial charge in [-0.3, -0.25) is 9.69 Å². The topological polar surface area (TPSA) is 58.6 Å². The molecule has 0 saturated carbocycles. The van der Waals surface area contributed by atoms with Gasteiger partial charge in [-0.25, -0.2) is 9.97 Å². The molecule has 0 bridgehead atoms. The van der Waals surface area contributed by atoms with Crippen molar-refractivity contribution < 1.29 is 9.53 Å². The molecule has 0 radical (unpaired) electrons. The molecule has 0 saturated heterocycles. The van der Waals surface area contributed by atoms with Gasteiger partial charge in [0.1, 0.15) is 11.5 Å². The van der Waals surface area contributed by atoms with Crippen LogP contribution in [-0.4, -0.2) is 48.0 Å². The van der Waals surface area contributed by atoms with Gasteiger partial charge in [-0.05, 0) is 63.3 Å². The van der Waals surface area contributed by atoms with E-state index in [-0.39, 0.29) is 5.91 Å². The Hall–Kier alpha value is -3.25. The minimum Gasteiger partial charge on any atom is -0.457 e. The number of hydrogen-bond donors (Lipinski definition) is 0. The van der Waals surface area contributed by atoms with Crippen molar-refractivity contribution in [2.45, 2.75) is 13.8 Å². The SMILES string of the molecule is Cc1cccc(C)c1Oc1cccc(C(=O)N(CCN(C)C)c2ncccn2)c1. The van der Waals surface area contributed by atoms with Crippen molar-refractivity contribution in [3.8, 4) is 11.5 Å². The van der Waals surface area contributed by atoms with Crippen LogP contribution in [0.4, 0.5) is 5.95 Å². The number of aryl methyl sites for hydroxylation is 2. The summed E-state index contributed by atoms with van der Waals surface area (Å²) < 4.78 is 6.10. The molecule has 6 heteroatoms. The number of para-hydroxylation sites is 1. The molecule has 29 heavy (non-hydrogen) atoms. The van der Waals surface area contributed by atoms with Crippen LogP contribution in [0.2, 0.25) is 0 Å². The molecule has 0 atom stereocenters. The third kappa shape index (κ3) is 5.18. The number of nitrogens with zero attached hydrogens (tertiary/aromatic N) is 4. The molecule has 0 unspecified atom stereocenters. The monoisotopic (exact) mass is 390 g/mol. The Morgan fingerprint density at radius 1 is 0.931 bits per heavy atom. The maximum absolute atomic E-state index is 13.3. The lowest BCUT2D eigenvalue weighted by Crippen LogP contribution is -2.37. The minimum atomic E-state index is -0.162. The quantitative estimate of drug-likeness (QED) is 0.608. The minimum absolute atomic E-state index is 0.162. The van der Waals surface area contributed by atoms with Gasteiger partial charge in [-0.15, -0.1) is 0 Å². The third-order valence-corrected chi connectivity index (χ3v) is 4.52. The van der Waals surface area contributed by atoms with E-state index in [1.807, 2.05) is 63.2 Å². The van der Waals surface area contributed by atoms with Crippen LogP contribution in [0.5, 0.6) is 11.5 Å². The van der Waals surface area contributed by atoms with Crippen molar-refractivity contribution in [3.05, 3.63) is 77.6 Å². The molecule has 2 aromatic carbocycles. The molecule has 0 fully saturated rings. The Labute approximate surface area is 171 Å². The maximum atomic E-state index is 13.3. The lowest BCUT2D eigenvalue weighted by Gasteiger charge is -2.22. The summed E-state index contributed by atoms with van der Waals surface area (Å²) in [6, 6.07) is 15.0. The van der Waals surface area contributed by atoms with E-state index in [9.17, 15) is 4.79 Å². The van der Waals surface area contributed by atoms with Gasteiger partial charge in [0.25, 0.3) is 5.91 Å². The molecule has 150 valence electrons. The standard InChI is InChI=1S/C23H26N4O2/c1-17-8-5-9-18(2)21(17)29-20-11-6-10-19(16-20)22(28)27(15-14-26(3)4)23-24-12-7-13-25-23/h5-13,16H,14-15H2,1-4H3. The van der Waals surface area contributed by atoms with Crippen molar-refractivity contribution >= 4 is 11.9 Å². The van der Waals surface area contributed by atoms with Gasteiger partial charge < -0.3 is 9.64 Å². The van der Waals surface area contributed by atoms with Gasteiger partial charge in [0.05, 0.1) is 0 Å². The lowest BCUT2D eigenvalue weighted by molar-refractivity contribution is 0.0983. The highest BCUT2D eigenvalue weighted by Crippen LogP contribution is 2.29. The van der Waals surface area contributed by atoms with Crippen molar-refractivity contribution in [3.63, 3.8) is 0 Å². The summed E-state index contributed by atoms with van der Waals surface area (Å²) in [5, 5.41) is 0. The second-order valence-electron chi connectivity index (χ2n) is 7.16. The van der Waals surface area contributed by atoms with Crippen LogP contribution < -0.4 is 9.64 Å². The Bertz CT molecular complexity index is 953. The van der Waals surface area contributed by atoms with Gasteiger partial charge in [0.2, 0.25) is 5.95 Å². The molecule has 0 aliphatic heterocycles. The number of rotatable bonds is 7. The predicted molar refractivity (Wildman–Crippen MR) is 115 cm³/mol. The molecule has 0 spiro atoms. The average molecular weight is 390 g/mol. The van der Waals surface area contributed by atoms with E-state index in [1.54, 1.807) is 35.5 Å². The van der Waals surface area contributed by atoms with Crippen LogP contribution in [0.25, 0.3) is 0 Å². The second-order valence-corrected chi connectivity index (χ2v) is 7.16. The number of benzene rings is 2. The Balaban J connectivity index is 1.88. The zero-order chi connectivity index (χ0) is 20.8. The fourth-order valence-corrected chi connectivity index (χ4v) is 2.95. The smallest absolute Gasteiger partial charge is 0.260 e. The van der Waals surface area contributed by atoms with E-state index in [0.717, 1.165) is 16.9 Å². The average Bonchev–Trinajstić information content (AvgIpc) is 2.72. The molecule has 1 aromatic heterocycles. The van der Waals surface area contributed by atoms with E-state index in [2.05, 4.69) is 9.97 Å². The first-order chi connectivity index (χ1) is 14.0. The first kappa shape index (κ1) is 20.5. The molecule has 3 rings (SSSR count). The molecular weight excluding hydrogens is 364 g/mol. The zero-order valence-corrected chi connectivity index (χ0v) is 17.3. The third-order valence-electron chi connectivity index (χ3n) is 4.52. The van der Waals surface area contributed by atoms with Crippen molar-refractivity contribution in [1.82, 2.24) is 14.9 Å². The van der Waals surface area contributed by atoms with E-state index < -0.39 is 0 Å². The Morgan fingerprint density at radius 2 is 1.59 bits per heavy atom. The van der Waals surface area contributed by atoms with Gasteiger partial charge in [0, 0.05) is 31.0 Å². The fraction of sp³-hybridized carbons (Fsp3) is 0.261. The van der Waals surface area contributed by atoms with Crippen molar-refractivity contribution in [2.24, 2.45) is 0 Å². The summed E-state index contributed by atoms with van der Waals surface area (Å²) in [5.74, 6) is 1.66. The highest BCUT2D eigenvalue weighted by molar-refractivity contribution is 6.05. The summed E-state index contributed by atoms with van der Waals surface area (Å²) in [4.78, 5) is 25.4. The van der Waals surface area contributed by atoms with Gasteiger partial charge >= 0.3 is 0 Å². The first-order valence-corrected chi connectivity index (χ1v) is 9.53. The van der Waals surface area contributed by atoms with Crippen molar-refractivity contribution in [2.75, 3.05) is 32.1 Å². The van der Waals surface area contributed by atoms with Crippen LogP contribution in [0, 0.1) is 13.8 Å². The number of hydrogen-bond acceptors (Lipinski definition) is 5. The van der Waals surface area contributed by atoms with Crippen LogP contribution in [-0.2, 0) is 0 Å². The van der Waals surface area contributed by atoms with E-state index >= 15 is 0 Å². The molecular formula is C23H26N4O2. The highest BCUT2D eigenvalue weighted by Gasteiger charge is 2.20. The van der Waals surface area contributed by atoms with E-state index in [1.165, 1.54) is 0 Å². The largest absolute Gasteiger partial charge is 0.457 e. The first-order valence-electron chi connectivity index (χ1n) is 9.53. The maximum Gasteiger partial charge on any atom is 0.260 e. The second kappa shape index (κ2) is 9.30. The zero-order valence-electron chi connectivity index (χ0n) is 17.3. The molecule has 1 amide bonds. The fourth-order valence-electron chi connectivity index (χ4n) is 2.95. The number of likely N-dealkylation sites (N-methyl/N-ethyl adjacent to an activating group) is 1. The molecule has 0 aliphatic carbocycles. The van der Waals surface area contributed by atoms with Crippen LogP contribution in [0.1, 0.15) is 21.5 Å². The van der Waals surface area contributed by atoms with E-state index in [4.69, 9.17) is 4.74 Å². The Kier molecular flexibility index (Phi) is 6.57. The Morgan fingerprint density at radius 3 is 2.24 bits per heavy atom. The van der Waals surface area contributed by atoms with Crippen LogP contribution >= 0.6 is 0 Å². The number of ether oxygens (including phenoxy) is 1. The summed E-state index contributed by atoms with van der Waals surface area (Å²) in [7, 11) is 3.93. The molecule has 6 nitrogen and oxygen atoms in total. The van der Waals surface area contributed by atoms with Gasteiger partial charge in [0.15, 0.2) is 0 Å². The van der Waals surface area contributed by atoms with Crippen LogP contribution in [0.3, 0.4) is 0 Å². The molecule has 0 N–H and O–H groups in total. The lowest BCUT2D eigenvalue weighted by atomic mass is 10.1. The summed E-state index contributed by atoms with van der Waals surface area (Å²) in [6.07, 6.45) is 3.28. The molecule has 0 aliphatic rings. The highest BCUT2D eigenvalue weighted by atomic mass is 16.5. The number of carbonyl (C=O) groups excluding carboxylic acids is 1. The molecule has 3 aromatic rings. The summed E-state index contributed by atoms with van der Waals surface area (Å²) in [5.41, 5.74) is 2.62. The number of amides is 1. The predicted octanol–water partition coefficient (Wildman–Crippen LogP) is 4.09.